The van der Waals surface area contributed by atoms with Crippen molar-refractivity contribution < 1.29 is 15.0 Å². The fourth-order valence-electron chi connectivity index (χ4n) is 0. The average Bonchev–Trinajstić information content (AvgIpc) is 1.33. The van der Waals surface area contributed by atoms with Crippen molar-refractivity contribution in [1.29, 1.82) is 0 Å². The van der Waals surface area contributed by atoms with Crippen LogP contribution in [-0.2, 0) is 0 Å². The van der Waals surface area contributed by atoms with E-state index in [1.807, 2.05) is 14.1 Å². The van der Waals surface area contributed by atoms with Gasteiger partial charge in [-0.1, -0.05) is 0 Å². The standard InChI is InChI=1S/C2H7N.CH2O3.K.H/c1-3-2;2-1(3)4;;/h3H,1-2H3;(H2,2,3,4);;. The normalized spacial score (nSPS) is 5.25. The third-order valence-electron chi connectivity index (χ3n) is 0. The molecule has 0 unspecified atom stereocenters. The quantitative estimate of drug-likeness (QED) is 0.400. The SMILES string of the molecule is CNC.O=C(O)O.[KH]. The van der Waals surface area contributed by atoms with Gasteiger partial charge in [-0.25, -0.2) is 4.79 Å². The molecule has 0 fully saturated rings. The van der Waals surface area contributed by atoms with Gasteiger partial charge in [0, 0.05) is 0 Å². The molecule has 0 bridgehead atoms. The minimum absolute atomic E-state index is 0. The number of hydrogen-bond acceptors (Lipinski definition) is 2. The van der Waals surface area contributed by atoms with Crippen molar-refractivity contribution in [3.8, 4) is 0 Å². The topological polar surface area (TPSA) is 69.6 Å². The summed E-state index contributed by atoms with van der Waals surface area (Å²) in [6, 6.07) is 0. The van der Waals surface area contributed by atoms with Crippen LogP contribution in [0.25, 0.3) is 0 Å². The number of hydrogen-bond donors (Lipinski definition) is 3. The summed E-state index contributed by atoms with van der Waals surface area (Å²) < 4.78 is 0. The molecule has 0 aliphatic heterocycles. The van der Waals surface area contributed by atoms with Crippen LogP contribution in [0.3, 0.4) is 0 Å². The van der Waals surface area contributed by atoms with Crippen LogP contribution in [0.4, 0.5) is 4.79 Å². The van der Waals surface area contributed by atoms with Gasteiger partial charge in [0.1, 0.15) is 0 Å². The summed E-state index contributed by atoms with van der Waals surface area (Å²) in [5.41, 5.74) is 0. The van der Waals surface area contributed by atoms with E-state index in [1.54, 1.807) is 0 Å². The average molecular weight is 147 g/mol. The molecule has 5 heteroatoms. The Morgan fingerprint density at radius 3 is 1.38 bits per heavy atom. The Bertz CT molecular complexity index is 45.8. The van der Waals surface area contributed by atoms with Crippen LogP contribution in [0.15, 0.2) is 0 Å². The van der Waals surface area contributed by atoms with Crippen molar-refractivity contribution in [2.45, 2.75) is 0 Å². The maximum absolute atomic E-state index is 8.56. The molecule has 4 nitrogen and oxygen atoms in total. The molecule has 0 rings (SSSR count). The molecule has 0 aromatic rings. The van der Waals surface area contributed by atoms with Gasteiger partial charge in [-0.3, -0.25) is 0 Å². The van der Waals surface area contributed by atoms with Gasteiger partial charge >= 0.3 is 57.5 Å². The van der Waals surface area contributed by atoms with Crippen LogP contribution in [0.1, 0.15) is 0 Å². The van der Waals surface area contributed by atoms with Crippen LogP contribution in [0, 0.1) is 0 Å². The van der Waals surface area contributed by atoms with Crippen LogP contribution in [0.2, 0.25) is 0 Å². The minimum atomic E-state index is -1.83. The van der Waals surface area contributed by atoms with Gasteiger partial charge in [-0.05, 0) is 14.1 Å². The molecular weight excluding hydrogens is 137 g/mol. The van der Waals surface area contributed by atoms with Crippen molar-refractivity contribution in [3.05, 3.63) is 0 Å². The Kier molecular flexibility index (Phi) is 31.2. The number of rotatable bonds is 0. The van der Waals surface area contributed by atoms with E-state index < -0.39 is 6.16 Å². The Morgan fingerprint density at radius 2 is 1.38 bits per heavy atom. The van der Waals surface area contributed by atoms with E-state index in [-0.39, 0.29) is 51.4 Å². The summed E-state index contributed by atoms with van der Waals surface area (Å²) in [6.07, 6.45) is -1.83. The fourth-order valence-corrected chi connectivity index (χ4v) is 0. The maximum atomic E-state index is 8.56. The molecule has 0 aliphatic rings. The van der Waals surface area contributed by atoms with Crippen molar-refractivity contribution in [2.75, 3.05) is 14.1 Å². The van der Waals surface area contributed by atoms with Crippen LogP contribution in [-0.4, -0.2) is 81.8 Å². The van der Waals surface area contributed by atoms with Crippen molar-refractivity contribution >= 4 is 57.5 Å². The summed E-state index contributed by atoms with van der Waals surface area (Å²) in [5.74, 6) is 0. The van der Waals surface area contributed by atoms with Crippen LogP contribution in [0.5, 0.6) is 0 Å². The molecule has 0 amide bonds. The number of carbonyl (C=O) groups is 1. The van der Waals surface area contributed by atoms with E-state index in [2.05, 4.69) is 5.32 Å². The predicted molar refractivity (Wildman–Crippen MR) is 32.8 cm³/mol. The third kappa shape index (κ3) is 315. The first-order chi connectivity index (χ1) is 3.15. The van der Waals surface area contributed by atoms with E-state index in [0.717, 1.165) is 0 Å². The summed E-state index contributed by atoms with van der Waals surface area (Å²) in [7, 11) is 3.75. The Morgan fingerprint density at radius 1 is 1.38 bits per heavy atom. The summed E-state index contributed by atoms with van der Waals surface area (Å²) in [5, 5.41) is 16.7. The molecule has 0 heterocycles. The second kappa shape index (κ2) is 15.7. The first-order valence-electron chi connectivity index (χ1n) is 1.65. The first-order valence-corrected chi connectivity index (χ1v) is 1.65. The van der Waals surface area contributed by atoms with E-state index >= 15 is 0 Å². The summed E-state index contributed by atoms with van der Waals surface area (Å²) >= 11 is 0. The molecule has 3 N–H and O–H groups in total. The van der Waals surface area contributed by atoms with Gasteiger partial charge in [0.05, 0.1) is 0 Å². The van der Waals surface area contributed by atoms with Crippen molar-refractivity contribution in [3.63, 3.8) is 0 Å². The predicted octanol–water partition coefficient (Wildman–Crippen LogP) is -0.590. The first kappa shape index (κ1) is 15.9. The summed E-state index contributed by atoms with van der Waals surface area (Å²) in [4.78, 5) is 8.56. The van der Waals surface area contributed by atoms with Crippen molar-refractivity contribution in [1.82, 2.24) is 5.32 Å². The third-order valence-corrected chi connectivity index (χ3v) is 0. The van der Waals surface area contributed by atoms with Gasteiger partial charge in [0.2, 0.25) is 0 Å². The molecule has 0 radical (unpaired) electrons. The van der Waals surface area contributed by atoms with Gasteiger partial charge in [-0.2, -0.15) is 0 Å². The monoisotopic (exact) mass is 147 g/mol. The summed E-state index contributed by atoms with van der Waals surface area (Å²) in [6.45, 7) is 0. The molecule has 0 aliphatic carbocycles. The zero-order valence-electron chi connectivity index (χ0n) is 4.30. The Balaban J connectivity index is -0.0000000575. The van der Waals surface area contributed by atoms with E-state index in [4.69, 9.17) is 15.0 Å². The van der Waals surface area contributed by atoms with Gasteiger partial charge in [-0.15, -0.1) is 0 Å². The number of nitrogens with one attached hydrogen (secondary N) is 1. The molecule has 0 saturated carbocycles. The molecule has 0 spiro atoms. The van der Waals surface area contributed by atoms with E-state index in [1.165, 1.54) is 0 Å². The van der Waals surface area contributed by atoms with Crippen LogP contribution >= 0.6 is 0 Å². The fraction of sp³-hybridized carbons (Fsp3) is 0.667. The molecule has 0 aromatic carbocycles. The van der Waals surface area contributed by atoms with Gasteiger partial charge < -0.3 is 15.5 Å². The second-order valence-electron chi connectivity index (χ2n) is 0.783. The van der Waals surface area contributed by atoms with E-state index in [0.29, 0.717) is 0 Å². The van der Waals surface area contributed by atoms with E-state index in [9.17, 15) is 0 Å². The molecule has 46 valence electrons. The van der Waals surface area contributed by atoms with Crippen LogP contribution < -0.4 is 5.32 Å². The molecule has 0 saturated heterocycles. The Hall–Kier alpha value is 0.866. The zero-order chi connectivity index (χ0) is 6.28. The van der Waals surface area contributed by atoms with Gasteiger partial charge in [0.25, 0.3) is 0 Å². The molecule has 0 aromatic heterocycles. The molecule has 8 heavy (non-hydrogen) atoms. The van der Waals surface area contributed by atoms with Gasteiger partial charge in [0.15, 0.2) is 0 Å². The Labute approximate surface area is 90.7 Å². The number of carboxylic acid groups (broad SMARTS) is 2. The zero-order valence-corrected chi connectivity index (χ0v) is 4.30. The molecular formula is C3H10KNO3. The second-order valence-corrected chi connectivity index (χ2v) is 0.783. The molecule has 0 atom stereocenters. The van der Waals surface area contributed by atoms with Crippen molar-refractivity contribution in [2.24, 2.45) is 0 Å².